The maximum atomic E-state index is 12.9. The monoisotopic (exact) mass is 335 g/mol. The lowest BCUT2D eigenvalue weighted by atomic mass is 10.2. The first-order valence-corrected chi connectivity index (χ1v) is 9.04. The van der Waals surface area contributed by atoms with Gasteiger partial charge >= 0.3 is 0 Å². The number of carbonyl (C=O) groups excluding carboxylic acids is 1. The lowest BCUT2D eigenvalue weighted by molar-refractivity contribution is -0.114. The van der Waals surface area contributed by atoms with Gasteiger partial charge in [0.2, 0.25) is 15.9 Å². The van der Waals surface area contributed by atoms with E-state index in [0.29, 0.717) is 18.2 Å². The van der Waals surface area contributed by atoms with Crippen molar-refractivity contribution in [2.75, 3.05) is 18.4 Å². The first kappa shape index (κ1) is 17.4. The predicted molar refractivity (Wildman–Crippen MR) is 87.2 cm³/mol. The van der Waals surface area contributed by atoms with Gasteiger partial charge in [0.25, 0.3) is 0 Å². The highest BCUT2D eigenvalue weighted by atomic mass is 32.2. The number of nitrogens with one attached hydrogen (secondary N) is 1. The molecule has 2 rings (SSSR count). The SMILES string of the molecule is CC(=O)Nc1cc(S(=O)(=O)N(CCC#N)CC2CC2)ccc1C. The van der Waals surface area contributed by atoms with Crippen LogP contribution in [-0.4, -0.2) is 31.7 Å². The van der Waals surface area contributed by atoms with Crippen LogP contribution in [0, 0.1) is 24.2 Å². The number of hydrogen-bond donors (Lipinski definition) is 1. The second-order valence-corrected chi connectivity index (χ2v) is 7.81. The van der Waals surface area contributed by atoms with Crippen molar-refractivity contribution in [2.45, 2.75) is 38.0 Å². The average molecular weight is 335 g/mol. The zero-order chi connectivity index (χ0) is 17.0. The molecule has 1 aliphatic rings. The van der Waals surface area contributed by atoms with Crippen LogP contribution in [-0.2, 0) is 14.8 Å². The summed E-state index contributed by atoms with van der Waals surface area (Å²) in [6.07, 6.45) is 2.23. The normalized spacial score (nSPS) is 14.5. The summed E-state index contributed by atoms with van der Waals surface area (Å²) in [5, 5.41) is 11.4. The summed E-state index contributed by atoms with van der Waals surface area (Å²) < 4.78 is 27.1. The van der Waals surface area contributed by atoms with Crippen LogP contribution in [0.5, 0.6) is 0 Å². The quantitative estimate of drug-likeness (QED) is 0.827. The average Bonchev–Trinajstić information content (AvgIpc) is 3.29. The number of nitrogens with zero attached hydrogens (tertiary/aromatic N) is 2. The van der Waals surface area contributed by atoms with E-state index in [9.17, 15) is 13.2 Å². The van der Waals surface area contributed by atoms with Crippen LogP contribution >= 0.6 is 0 Å². The van der Waals surface area contributed by atoms with E-state index in [4.69, 9.17) is 5.26 Å². The molecule has 1 saturated carbocycles. The Bertz CT molecular complexity index is 733. The van der Waals surface area contributed by atoms with Gasteiger partial charge in [0.15, 0.2) is 0 Å². The fourth-order valence-electron chi connectivity index (χ4n) is 2.31. The van der Waals surface area contributed by atoms with Gasteiger partial charge in [-0.25, -0.2) is 8.42 Å². The fourth-order valence-corrected chi connectivity index (χ4v) is 3.85. The van der Waals surface area contributed by atoms with Gasteiger partial charge in [-0.2, -0.15) is 9.57 Å². The summed E-state index contributed by atoms with van der Waals surface area (Å²) in [6, 6.07) is 6.71. The zero-order valence-electron chi connectivity index (χ0n) is 13.4. The first-order valence-electron chi connectivity index (χ1n) is 7.60. The number of carbonyl (C=O) groups is 1. The highest BCUT2D eigenvalue weighted by molar-refractivity contribution is 7.89. The van der Waals surface area contributed by atoms with E-state index in [2.05, 4.69) is 5.32 Å². The second-order valence-electron chi connectivity index (χ2n) is 5.87. The molecule has 7 heteroatoms. The summed E-state index contributed by atoms with van der Waals surface area (Å²) in [5.41, 5.74) is 1.29. The second kappa shape index (κ2) is 7.11. The molecule has 0 radical (unpaired) electrons. The number of benzene rings is 1. The van der Waals surface area contributed by atoms with E-state index in [1.165, 1.54) is 17.3 Å². The fraction of sp³-hybridized carbons (Fsp3) is 0.500. The molecule has 124 valence electrons. The van der Waals surface area contributed by atoms with Gasteiger partial charge in [0, 0.05) is 32.1 Å². The third kappa shape index (κ3) is 4.53. The molecule has 1 aromatic carbocycles. The van der Waals surface area contributed by atoms with Gasteiger partial charge < -0.3 is 5.32 Å². The Morgan fingerprint density at radius 1 is 1.43 bits per heavy atom. The minimum atomic E-state index is -3.67. The number of anilines is 1. The number of rotatable bonds is 7. The Hall–Kier alpha value is -1.91. The minimum absolute atomic E-state index is 0.144. The highest BCUT2D eigenvalue weighted by Crippen LogP contribution is 2.32. The Balaban J connectivity index is 2.31. The summed E-state index contributed by atoms with van der Waals surface area (Å²) in [5.74, 6) is 0.144. The Kier molecular flexibility index (Phi) is 5.39. The molecule has 0 heterocycles. The summed E-state index contributed by atoms with van der Waals surface area (Å²) in [7, 11) is -3.67. The van der Waals surface area contributed by atoms with Crippen molar-refractivity contribution >= 4 is 21.6 Å². The first-order chi connectivity index (χ1) is 10.8. The molecule has 0 unspecified atom stereocenters. The van der Waals surface area contributed by atoms with E-state index in [0.717, 1.165) is 18.4 Å². The van der Waals surface area contributed by atoms with Crippen LogP contribution in [0.25, 0.3) is 0 Å². The topological polar surface area (TPSA) is 90.3 Å². The molecule has 1 aliphatic carbocycles. The number of amides is 1. The molecule has 0 bridgehead atoms. The third-order valence-electron chi connectivity index (χ3n) is 3.79. The van der Waals surface area contributed by atoms with E-state index >= 15 is 0 Å². The molecule has 0 aromatic heterocycles. The van der Waals surface area contributed by atoms with E-state index < -0.39 is 10.0 Å². The van der Waals surface area contributed by atoms with Gasteiger partial charge in [0.05, 0.1) is 11.0 Å². The molecular formula is C16H21N3O3S. The standard InChI is InChI=1S/C16H21N3O3S/c1-12-4-7-15(10-16(12)18-13(2)20)23(21,22)19(9-3-8-17)11-14-5-6-14/h4,7,10,14H,3,5-6,9,11H2,1-2H3,(H,18,20). The molecule has 6 nitrogen and oxygen atoms in total. The maximum Gasteiger partial charge on any atom is 0.243 e. The minimum Gasteiger partial charge on any atom is -0.326 e. The van der Waals surface area contributed by atoms with E-state index in [1.54, 1.807) is 19.1 Å². The van der Waals surface area contributed by atoms with Crippen LogP contribution in [0.4, 0.5) is 5.69 Å². The van der Waals surface area contributed by atoms with E-state index in [-0.39, 0.29) is 23.8 Å². The lowest BCUT2D eigenvalue weighted by Gasteiger charge is -2.21. The molecule has 0 saturated heterocycles. The molecular weight excluding hydrogens is 314 g/mol. The van der Waals surface area contributed by atoms with Crippen LogP contribution in [0.15, 0.2) is 23.1 Å². The Labute approximate surface area is 137 Å². The van der Waals surface area contributed by atoms with Crippen LogP contribution in [0.1, 0.15) is 31.7 Å². The maximum absolute atomic E-state index is 12.9. The molecule has 0 spiro atoms. The number of nitriles is 1. The van der Waals surface area contributed by atoms with Crippen molar-refractivity contribution in [1.82, 2.24) is 4.31 Å². The molecule has 0 atom stereocenters. The van der Waals surface area contributed by atoms with Gasteiger partial charge in [0.1, 0.15) is 0 Å². The van der Waals surface area contributed by atoms with Gasteiger partial charge in [-0.3, -0.25) is 4.79 Å². The van der Waals surface area contributed by atoms with Crippen molar-refractivity contribution in [1.29, 1.82) is 5.26 Å². The van der Waals surface area contributed by atoms with Gasteiger partial charge in [-0.15, -0.1) is 0 Å². The van der Waals surface area contributed by atoms with Crippen molar-refractivity contribution in [3.63, 3.8) is 0 Å². The zero-order valence-corrected chi connectivity index (χ0v) is 14.2. The number of hydrogen-bond acceptors (Lipinski definition) is 4. The molecule has 1 N–H and O–H groups in total. The molecule has 1 fully saturated rings. The lowest BCUT2D eigenvalue weighted by Crippen LogP contribution is -2.33. The number of sulfonamides is 1. The van der Waals surface area contributed by atoms with Crippen LogP contribution in [0.2, 0.25) is 0 Å². The van der Waals surface area contributed by atoms with Crippen molar-refractivity contribution in [2.24, 2.45) is 5.92 Å². The largest absolute Gasteiger partial charge is 0.326 e. The van der Waals surface area contributed by atoms with Crippen LogP contribution in [0.3, 0.4) is 0 Å². The molecule has 23 heavy (non-hydrogen) atoms. The van der Waals surface area contributed by atoms with Gasteiger partial charge in [-0.1, -0.05) is 6.07 Å². The number of aryl methyl sites for hydroxylation is 1. The molecule has 1 aromatic rings. The van der Waals surface area contributed by atoms with E-state index in [1.807, 2.05) is 6.07 Å². The Morgan fingerprint density at radius 3 is 2.70 bits per heavy atom. The van der Waals surface area contributed by atoms with Crippen molar-refractivity contribution in [3.8, 4) is 6.07 Å². The molecule has 0 aliphatic heterocycles. The van der Waals surface area contributed by atoms with Crippen LogP contribution < -0.4 is 5.32 Å². The van der Waals surface area contributed by atoms with Crippen molar-refractivity contribution in [3.05, 3.63) is 23.8 Å². The van der Waals surface area contributed by atoms with Crippen molar-refractivity contribution < 1.29 is 13.2 Å². The highest BCUT2D eigenvalue weighted by Gasteiger charge is 2.31. The Morgan fingerprint density at radius 2 is 2.13 bits per heavy atom. The summed E-state index contributed by atoms with van der Waals surface area (Å²) >= 11 is 0. The predicted octanol–water partition coefficient (Wildman–Crippen LogP) is 2.27. The third-order valence-corrected chi connectivity index (χ3v) is 5.65. The summed E-state index contributed by atoms with van der Waals surface area (Å²) in [4.78, 5) is 11.4. The molecule has 1 amide bonds. The smallest absolute Gasteiger partial charge is 0.243 e. The summed E-state index contributed by atoms with van der Waals surface area (Å²) in [6.45, 7) is 3.83. The van der Waals surface area contributed by atoms with Gasteiger partial charge in [-0.05, 0) is 43.4 Å².